The first-order valence-electron chi connectivity index (χ1n) is 12.3. The summed E-state index contributed by atoms with van der Waals surface area (Å²) in [5.74, 6) is 0. The molecule has 0 fully saturated rings. The Hall–Kier alpha value is -4.13. The average molecular weight is 482 g/mol. The highest BCUT2D eigenvalue weighted by Crippen LogP contribution is 2.52. The van der Waals surface area contributed by atoms with Crippen molar-refractivity contribution in [3.63, 3.8) is 0 Å². The van der Waals surface area contributed by atoms with Gasteiger partial charge in [-0.1, -0.05) is 127 Å². The minimum Gasteiger partial charge on any atom is -0.371 e. The lowest BCUT2D eigenvalue weighted by Gasteiger charge is -2.29. The normalized spacial score (nSPS) is 15.9. The van der Waals surface area contributed by atoms with Crippen molar-refractivity contribution in [2.45, 2.75) is 6.04 Å². The van der Waals surface area contributed by atoms with Crippen LogP contribution in [0.25, 0.3) is 32.3 Å². The van der Waals surface area contributed by atoms with Gasteiger partial charge in [0.25, 0.3) is 0 Å². The number of nitrogens with one attached hydrogen (secondary N) is 1. The molecule has 3 heteroatoms. The van der Waals surface area contributed by atoms with Gasteiger partial charge in [0.1, 0.15) is 0 Å². The highest BCUT2D eigenvalue weighted by atomic mass is 31.2. The molecule has 0 saturated heterocycles. The van der Waals surface area contributed by atoms with Crippen LogP contribution in [0.2, 0.25) is 0 Å². The summed E-state index contributed by atoms with van der Waals surface area (Å²) in [6.45, 7) is 0. The van der Waals surface area contributed by atoms with E-state index in [1.807, 2.05) is 72.8 Å². The fourth-order valence-electron chi connectivity index (χ4n) is 5.62. The van der Waals surface area contributed by atoms with E-state index in [1.165, 1.54) is 37.9 Å². The monoisotopic (exact) mass is 481 g/mol. The summed E-state index contributed by atoms with van der Waals surface area (Å²) in [6, 6.07) is 39.4. The number of hydrogen-bond acceptors (Lipinski definition) is 2. The number of dihydropyridines is 1. The van der Waals surface area contributed by atoms with Gasteiger partial charge in [0.05, 0.1) is 11.5 Å². The Morgan fingerprint density at radius 1 is 0.583 bits per heavy atom. The molecule has 0 aliphatic carbocycles. The third-order valence-electron chi connectivity index (χ3n) is 7.34. The van der Waals surface area contributed by atoms with E-state index in [0.29, 0.717) is 0 Å². The summed E-state index contributed by atoms with van der Waals surface area (Å²) in [4.78, 5) is 0. The Balaban J connectivity index is 1.38. The Morgan fingerprint density at radius 3 is 1.83 bits per heavy atom. The molecule has 0 spiro atoms. The number of benzene rings is 6. The predicted octanol–water partition coefficient (Wildman–Crippen LogP) is 7.64. The SMILES string of the molecule is O=P(C1=CC=CC(c2ccc3ccc4cccc5ccc2c3c45)N1)(c1ccccc1)c1ccccc1. The van der Waals surface area contributed by atoms with Crippen molar-refractivity contribution in [3.8, 4) is 0 Å². The van der Waals surface area contributed by atoms with Gasteiger partial charge >= 0.3 is 0 Å². The van der Waals surface area contributed by atoms with Gasteiger partial charge in [-0.15, -0.1) is 0 Å². The largest absolute Gasteiger partial charge is 0.371 e. The summed E-state index contributed by atoms with van der Waals surface area (Å²) >= 11 is 0. The lowest BCUT2D eigenvalue weighted by atomic mass is 9.89. The first-order valence-corrected chi connectivity index (χ1v) is 14.0. The summed E-state index contributed by atoms with van der Waals surface area (Å²) in [6.07, 6.45) is 6.19. The molecule has 6 aromatic rings. The van der Waals surface area contributed by atoms with Crippen molar-refractivity contribution in [2.75, 3.05) is 0 Å². The van der Waals surface area contributed by atoms with Crippen LogP contribution in [0.15, 0.2) is 139 Å². The third kappa shape index (κ3) is 3.15. The van der Waals surface area contributed by atoms with E-state index in [4.69, 9.17) is 0 Å². The molecule has 172 valence electrons. The zero-order valence-corrected chi connectivity index (χ0v) is 20.5. The lowest BCUT2D eigenvalue weighted by Crippen LogP contribution is -2.28. The second-order valence-electron chi connectivity index (χ2n) is 9.35. The molecule has 1 atom stereocenters. The van der Waals surface area contributed by atoms with Crippen LogP contribution in [0.1, 0.15) is 11.6 Å². The van der Waals surface area contributed by atoms with Crippen LogP contribution >= 0.6 is 7.14 Å². The second-order valence-corrected chi connectivity index (χ2v) is 12.1. The first-order chi connectivity index (χ1) is 17.7. The zero-order chi connectivity index (χ0) is 24.1. The zero-order valence-electron chi connectivity index (χ0n) is 19.6. The molecule has 0 bridgehead atoms. The molecule has 1 aliphatic rings. The molecule has 1 aliphatic heterocycles. The molecule has 0 aromatic heterocycles. The topological polar surface area (TPSA) is 29.1 Å². The van der Waals surface area contributed by atoms with Gasteiger partial charge in [-0.3, -0.25) is 0 Å². The highest BCUT2D eigenvalue weighted by molar-refractivity contribution is 7.82. The van der Waals surface area contributed by atoms with Gasteiger partial charge in [0.2, 0.25) is 0 Å². The van der Waals surface area contributed by atoms with Gasteiger partial charge in [-0.2, -0.15) is 0 Å². The van der Waals surface area contributed by atoms with Crippen LogP contribution in [-0.2, 0) is 4.57 Å². The molecule has 2 nitrogen and oxygen atoms in total. The predicted molar refractivity (Wildman–Crippen MR) is 153 cm³/mol. The maximum atomic E-state index is 14.9. The smallest absolute Gasteiger partial charge is 0.186 e. The Labute approximate surface area is 210 Å². The first kappa shape index (κ1) is 21.2. The number of rotatable bonds is 4. The minimum absolute atomic E-state index is 0.0877. The van der Waals surface area contributed by atoms with Crippen molar-refractivity contribution < 1.29 is 4.57 Å². The Morgan fingerprint density at radius 2 is 1.17 bits per heavy atom. The van der Waals surface area contributed by atoms with Gasteiger partial charge in [-0.05, 0) is 44.0 Å². The quantitative estimate of drug-likeness (QED) is 0.207. The fraction of sp³-hybridized carbons (Fsp3) is 0.0303. The van der Waals surface area contributed by atoms with Gasteiger partial charge in [0, 0.05) is 10.6 Å². The van der Waals surface area contributed by atoms with Gasteiger partial charge in [0.15, 0.2) is 7.14 Å². The molecule has 0 amide bonds. The molecule has 0 saturated carbocycles. The van der Waals surface area contributed by atoms with Crippen molar-refractivity contribution in [3.05, 3.63) is 144 Å². The van der Waals surface area contributed by atoms with E-state index in [1.54, 1.807) is 0 Å². The Kier molecular flexibility index (Phi) is 4.84. The highest BCUT2D eigenvalue weighted by Gasteiger charge is 2.34. The second kappa shape index (κ2) is 8.22. The van der Waals surface area contributed by atoms with E-state index in [2.05, 4.69) is 66.0 Å². The van der Waals surface area contributed by atoms with Crippen molar-refractivity contribution in [1.82, 2.24) is 5.32 Å². The van der Waals surface area contributed by atoms with Gasteiger partial charge < -0.3 is 9.88 Å². The number of hydrogen-bond donors (Lipinski definition) is 1. The standard InChI is InChI=1S/C33H24NOP/c35-36(26-11-3-1-4-12-26,27-13-5-2-6-14-27)31-16-8-15-30(34-31)28-21-19-25-18-17-23-9-7-10-24-20-22-29(28)33(25)32(23)24/h1-22,30,34H. The minimum atomic E-state index is -3.08. The van der Waals surface area contributed by atoms with Gasteiger partial charge in [-0.25, -0.2) is 0 Å². The third-order valence-corrected chi connectivity index (χ3v) is 10.3. The molecule has 7 rings (SSSR count). The molecule has 36 heavy (non-hydrogen) atoms. The van der Waals surface area contributed by atoms with Crippen molar-refractivity contribution in [1.29, 1.82) is 0 Å². The molecule has 1 N–H and O–H groups in total. The molecule has 1 heterocycles. The van der Waals surface area contributed by atoms with Crippen LogP contribution in [0.5, 0.6) is 0 Å². The number of allylic oxidation sites excluding steroid dienone is 2. The average Bonchev–Trinajstić information content (AvgIpc) is 2.96. The summed E-state index contributed by atoms with van der Waals surface area (Å²) in [5, 5.41) is 13.0. The van der Waals surface area contributed by atoms with Crippen LogP contribution in [-0.4, -0.2) is 0 Å². The lowest BCUT2D eigenvalue weighted by molar-refractivity contribution is 0.585. The molecule has 0 radical (unpaired) electrons. The Bertz CT molecular complexity index is 1780. The summed E-state index contributed by atoms with van der Waals surface area (Å²) < 4.78 is 14.9. The summed E-state index contributed by atoms with van der Waals surface area (Å²) in [5.41, 5.74) is 1.95. The van der Waals surface area contributed by atoms with E-state index in [-0.39, 0.29) is 6.04 Å². The molecular formula is C33H24NOP. The van der Waals surface area contributed by atoms with Crippen LogP contribution in [0.3, 0.4) is 0 Å². The maximum absolute atomic E-state index is 14.9. The fourth-order valence-corrected chi connectivity index (χ4v) is 8.28. The van der Waals surface area contributed by atoms with E-state index in [9.17, 15) is 4.57 Å². The van der Waals surface area contributed by atoms with E-state index < -0.39 is 7.14 Å². The van der Waals surface area contributed by atoms with Crippen LogP contribution in [0.4, 0.5) is 0 Å². The maximum Gasteiger partial charge on any atom is 0.186 e. The molecular weight excluding hydrogens is 457 g/mol. The molecule has 1 unspecified atom stereocenters. The molecule has 6 aromatic carbocycles. The van der Waals surface area contributed by atoms with E-state index >= 15 is 0 Å². The summed E-state index contributed by atoms with van der Waals surface area (Å²) in [7, 11) is -3.08. The van der Waals surface area contributed by atoms with Crippen molar-refractivity contribution >= 4 is 50.1 Å². The van der Waals surface area contributed by atoms with Crippen LogP contribution < -0.4 is 15.9 Å². The van der Waals surface area contributed by atoms with Crippen LogP contribution in [0, 0.1) is 0 Å². The van der Waals surface area contributed by atoms with Crippen molar-refractivity contribution in [2.24, 2.45) is 0 Å². The van der Waals surface area contributed by atoms with E-state index in [0.717, 1.165) is 16.0 Å².